The molecule has 4 rings (SSSR count). The lowest BCUT2D eigenvalue weighted by molar-refractivity contribution is 0.103. The Morgan fingerprint density at radius 3 is 2.50 bits per heavy atom. The highest BCUT2D eigenvalue weighted by atomic mass is 35.5. The van der Waals surface area contributed by atoms with E-state index in [-0.39, 0.29) is 18.4 Å². The highest BCUT2D eigenvalue weighted by Crippen LogP contribution is 2.25. The van der Waals surface area contributed by atoms with Crippen LogP contribution in [-0.4, -0.2) is 25.5 Å². The average Bonchev–Trinajstić information content (AvgIpc) is 3.43. The van der Waals surface area contributed by atoms with E-state index in [1.54, 1.807) is 13.8 Å². The van der Waals surface area contributed by atoms with Gasteiger partial charge in [-0.15, -0.1) is 11.3 Å². The first-order chi connectivity index (χ1) is 16.1. The zero-order chi connectivity index (χ0) is 24.6. The summed E-state index contributed by atoms with van der Waals surface area (Å²) in [6.07, 6.45) is 0. The van der Waals surface area contributed by atoms with Crippen molar-refractivity contribution in [1.82, 2.24) is 19.6 Å². The number of nitrogens with one attached hydrogen (secondary N) is 1. The number of hydrogen-bond donors (Lipinski definition) is 1. The van der Waals surface area contributed by atoms with E-state index in [1.165, 1.54) is 22.1 Å². The van der Waals surface area contributed by atoms with Crippen molar-refractivity contribution in [3.05, 3.63) is 79.5 Å². The van der Waals surface area contributed by atoms with Crippen LogP contribution in [0.3, 0.4) is 0 Å². The first kappa shape index (κ1) is 23.9. The third kappa shape index (κ3) is 4.83. The van der Waals surface area contributed by atoms with Crippen LogP contribution in [0.15, 0.2) is 29.6 Å². The summed E-state index contributed by atoms with van der Waals surface area (Å²) in [6.45, 7) is 7.69. The van der Waals surface area contributed by atoms with E-state index in [0.29, 0.717) is 33.5 Å². The van der Waals surface area contributed by atoms with E-state index in [0.717, 1.165) is 29.1 Å². The summed E-state index contributed by atoms with van der Waals surface area (Å²) in [7, 11) is 0. The van der Waals surface area contributed by atoms with Gasteiger partial charge in [0, 0.05) is 6.07 Å². The molecule has 3 aromatic heterocycles. The summed E-state index contributed by atoms with van der Waals surface area (Å²) in [5, 5.41) is 14.2. The van der Waals surface area contributed by atoms with Crippen molar-refractivity contribution >= 4 is 34.5 Å². The van der Waals surface area contributed by atoms with Crippen molar-refractivity contribution in [3.63, 3.8) is 0 Å². The Morgan fingerprint density at radius 1 is 1.09 bits per heavy atom. The summed E-state index contributed by atoms with van der Waals surface area (Å²) in [5.74, 6) is -1.84. The molecule has 1 amide bonds. The minimum Gasteiger partial charge on any atom is -0.468 e. The lowest BCUT2D eigenvalue weighted by atomic mass is 10.2. The highest BCUT2D eigenvalue weighted by Gasteiger charge is 2.18. The minimum atomic E-state index is -0.800. The number of aromatic nitrogens is 4. The minimum absolute atomic E-state index is 0.0884. The van der Waals surface area contributed by atoms with Crippen molar-refractivity contribution in [2.75, 3.05) is 5.32 Å². The van der Waals surface area contributed by atoms with Crippen LogP contribution in [0.5, 0.6) is 5.75 Å². The number of carbonyl (C=O) groups is 1. The summed E-state index contributed by atoms with van der Waals surface area (Å²) in [6, 6.07) is 4.90. The van der Waals surface area contributed by atoms with Crippen LogP contribution in [0, 0.1) is 39.3 Å². The lowest BCUT2D eigenvalue weighted by Gasteiger charge is -2.09. The average molecular weight is 506 g/mol. The van der Waals surface area contributed by atoms with Crippen LogP contribution in [0.2, 0.25) is 5.02 Å². The molecule has 11 heteroatoms. The molecule has 3 heterocycles. The van der Waals surface area contributed by atoms with Crippen molar-refractivity contribution in [1.29, 1.82) is 0 Å². The molecule has 7 nitrogen and oxygen atoms in total. The van der Waals surface area contributed by atoms with Crippen LogP contribution in [0.1, 0.15) is 38.0 Å². The van der Waals surface area contributed by atoms with Crippen LogP contribution in [0.25, 0.3) is 0 Å². The van der Waals surface area contributed by atoms with E-state index >= 15 is 0 Å². The fraction of sp³-hybridized carbons (Fsp3) is 0.261. The number of thiophene rings is 1. The Bertz CT molecular complexity index is 1380. The quantitative estimate of drug-likeness (QED) is 0.352. The maximum Gasteiger partial charge on any atom is 0.265 e. The normalized spacial score (nSPS) is 11.1. The maximum atomic E-state index is 13.8. The van der Waals surface area contributed by atoms with Gasteiger partial charge in [0.1, 0.15) is 5.82 Å². The van der Waals surface area contributed by atoms with Gasteiger partial charge in [-0.05, 0) is 56.8 Å². The maximum absolute atomic E-state index is 13.8. The van der Waals surface area contributed by atoms with Crippen molar-refractivity contribution < 1.29 is 18.3 Å². The Balaban J connectivity index is 1.44. The number of hydrogen-bond acceptors (Lipinski definition) is 5. The molecule has 0 aliphatic heterocycles. The first-order valence-corrected chi connectivity index (χ1v) is 11.6. The zero-order valence-corrected chi connectivity index (χ0v) is 20.5. The van der Waals surface area contributed by atoms with Gasteiger partial charge in [0.25, 0.3) is 5.91 Å². The van der Waals surface area contributed by atoms with Gasteiger partial charge in [-0.25, -0.2) is 13.5 Å². The van der Waals surface area contributed by atoms with E-state index < -0.39 is 11.6 Å². The number of nitrogens with zero attached hydrogens (tertiary/aromatic N) is 4. The van der Waals surface area contributed by atoms with Crippen LogP contribution >= 0.6 is 22.9 Å². The van der Waals surface area contributed by atoms with Gasteiger partial charge in [0.15, 0.2) is 18.3 Å². The van der Waals surface area contributed by atoms with Gasteiger partial charge < -0.3 is 10.1 Å². The second-order valence-electron chi connectivity index (χ2n) is 7.81. The molecule has 1 N–H and O–H groups in total. The van der Waals surface area contributed by atoms with Gasteiger partial charge in [-0.3, -0.25) is 9.48 Å². The predicted molar refractivity (Wildman–Crippen MR) is 127 cm³/mol. The molecule has 0 saturated carbocycles. The number of rotatable bonds is 7. The van der Waals surface area contributed by atoms with Crippen LogP contribution in [-0.2, 0) is 13.3 Å². The second-order valence-corrected chi connectivity index (χ2v) is 9.10. The molecule has 0 atom stereocenters. The second kappa shape index (κ2) is 9.55. The molecular formula is C23H22ClF2N5O2S. The zero-order valence-electron chi connectivity index (χ0n) is 18.9. The van der Waals surface area contributed by atoms with Crippen LogP contribution < -0.4 is 10.1 Å². The summed E-state index contributed by atoms with van der Waals surface area (Å²) < 4.78 is 35.6. The molecule has 0 unspecified atom stereocenters. The third-order valence-electron chi connectivity index (χ3n) is 5.36. The monoisotopic (exact) mass is 505 g/mol. The summed E-state index contributed by atoms with van der Waals surface area (Å²) >= 11 is 7.55. The van der Waals surface area contributed by atoms with Gasteiger partial charge in [-0.2, -0.15) is 10.2 Å². The van der Waals surface area contributed by atoms with Gasteiger partial charge >= 0.3 is 0 Å². The fourth-order valence-corrected chi connectivity index (χ4v) is 4.41. The number of ether oxygens (including phenoxy) is 1. The number of benzene rings is 1. The Kier molecular flexibility index (Phi) is 6.72. The Hall–Kier alpha value is -3.24. The van der Waals surface area contributed by atoms with Gasteiger partial charge in [0.05, 0.1) is 44.9 Å². The van der Waals surface area contributed by atoms with Gasteiger partial charge in [0.2, 0.25) is 0 Å². The largest absolute Gasteiger partial charge is 0.468 e. The molecule has 4 aromatic rings. The third-order valence-corrected chi connectivity index (χ3v) is 6.88. The van der Waals surface area contributed by atoms with E-state index in [4.69, 9.17) is 16.3 Å². The van der Waals surface area contributed by atoms with Crippen molar-refractivity contribution in [2.45, 2.75) is 41.0 Å². The number of carbonyl (C=O) groups excluding carboxylic acids is 1. The predicted octanol–water partition coefficient (Wildman–Crippen LogP) is 5.64. The first-order valence-electron chi connectivity index (χ1n) is 10.3. The number of aryl methyl sites for hydroxylation is 2. The van der Waals surface area contributed by atoms with E-state index in [9.17, 15) is 13.6 Å². The molecule has 1 aromatic carbocycles. The molecule has 178 valence electrons. The molecule has 0 saturated heterocycles. The smallest absolute Gasteiger partial charge is 0.265 e. The van der Waals surface area contributed by atoms with Crippen molar-refractivity contribution in [2.24, 2.45) is 0 Å². The molecule has 0 fully saturated rings. The molecular weight excluding hydrogens is 484 g/mol. The molecule has 0 spiro atoms. The molecule has 34 heavy (non-hydrogen) atoms. The van der Waals surface area contributed by atoms with E-state index in [1.807, 2.05) is 30.0 Å². The lowest BCUT2D eigenvalue weighted by Crippen LogP contribution is -2.13. The SMILES string of the molecule is Cc1nn(Cc2csc(C(=O)Nc3c(C)nn(COc4ccc(F)cc4F)c3C)c2)c(C)c1Cl. The molecule has 0 aliphatic rings. The fourth-order valence-electron chi connectivity index (χ4n) is 3.48. The number of amides is 1. The Labute approximate surface area is 203 Å². The molecule has 0 radical (unpaired) electrons. The van der Waals surface area contributed by atoms with Crippen LogP contribution in [0.4, 0.5) is 14.5 Å². The highest BCUT2D eigenvalue weighted by molar-refractivity contribution is 7.12. The topological polar surface area (TPSA) is 74.0 Å². The molecule has 0 aliphatic carbocycles. The Morgan fingerprint density at radius 2 is 1.82 bits per heavy atom. The number of anilines is 1. The standard InChI is InChI=1S/C23H22ClF2N5O2S/c1-12-21(24)14(3)30(28-12)9-16-7-20(34-10-16)23(32)27-22-13(2)29-31(15(22)4)11-33-19-6-5-17(25)8-18(19)26/h5-8,10H,9,11H2,1-4H3,(H,27,32). The van der Waals surface area contributed by atoms with Gasteiger partial charge in [-0.1, -0.05) is 11.6 Å². The van der Waals surface area contributed by atoms with E-state index in [2.05, 4.69) is 15.5 Å². The number of halogens is 3. The summed E-state index contributed by atoms with van der Waals surface area (Å²) in [4.78, 5) is 13.4. The van der Waals surface area contributed by atoms with Crippen molar-refractivity contribution in [3.8, 4) is 5.75 Å². The molecule has 0 bridgehead atoms. The summed E-state index contributed by atoms with van der Waals surface area (Å²) in [5.41, 5.74) is 4.36.